The van der Waals surface area contributed by atoms with E-state index in [9.17, 15) is 4.57 Å². The molecule has 0 saturated heterocycles. The third kappa shape index (κ3) is 6.48. The number of phosphoric ester groups is 1. The van der Waals surface area contributed by atoms with Gasteiger partial charge in [-0.05, 0) is 12.3 Å². The molecular weight excluding hydrogens is 209 g/mol. The van der Waals surface area contributed by atoms with E-state index in [0.717, 1.165) is 0 Å². The van der Waals surface area contributed by atoms with Gasteiger partial charge < -0.3 is 20.6 Å². The van der Waals surface area contributed by atoms with Gasteiger partial charge in [-0.2, -0.15) is 0 Å². The van der Waals surface area contributed by atoms with Gasteiger partial charge in [0.25, 0.3) is 0 Å². The number of hydrogen-bond donors (Lipinski definition) is 4. The van der Waals surface area contributed by atoms with Gasteiger partial charge in [-0.1, -0.05) is 13.8 Å². The summed E-state index contributed by atoms with van der Waals surface area (Å²) in [4.78, 5) is 16.9. The van der Waals surface area contributed by atoms with E-state index in [0.29, 0.717) is 6.42 Å². The largest absolute Gasteiger partial charge is 0.469 e. The van der Waals surface area contributed by atoms with Crippen molar-refractivity contribution in [2.45, 2.75) is 25.8 Å². The highest BCUT2D eigenvalue weighted by Gasteiger charge is 2.29. The standard InChI is InChI=1S/C7H18NO5P/c1-6(2)3-7(8,4-9)5-13-14(10,11)12/h6,9H,3-5,8H2,1-2H3,(H2,10,11,12). The average Bonchev–Trinajstić information content (AvgIpc) is 1.99. The fourth-order valence-electron chi connectivity index (χ4n) is 1.19. The smallest absolute Gasteiger partial charge is 0.394 e. The molecular formula is C7H18NO5P. The first-order valence-corrected chi connectivity index (χ1v) is 5.81. The van der Waals surface area contributed by atoms with Gasteiger partial charge in [0.05, 0.1) is 18.8 Å². The molecule has 0 saturated carbocycles. The Morgan fingerprint density at radius 1 is 1.50 bits per heavy atom. The zero-order valence-corrected chi connectivity index (χ0v) is 9.28. The van der Waals surface area contributed by atoms with Crippen LogP contribution in [0.2, 0.25) is 0 Å². The lowest BCUT2D eigenvalue weighted by Gasteiger charge is -2.28. The Morgan fingerprint density at radius 3 is 2.29 bits per heavy atom. The number of phosphoric acid groups is 1. The van der Waals surface area contributed by atoms with Crippen molar-refractivity contribution in [1.29, 1.82) is 0 Å². The molecule has 14 heavy (non-hydrogen) atoms. The van der Waals surface area contributed by atoms with Crippen LogP contribution in [0.3, 0.4) is 0 Å². The number of rotatable bonds is 6. The average molecular weight is 227 g/mol. The first-order valence-electron chi connectivity index (χ1n) is 4.28. The molecule has 1 atom stereocenters. The first-order chi connectivity index (χ1) is 6.18. The molecule has 0 aliphatic heterocycles. The highest BCUT2D eigenvalue weighted by molar-refractivity contribution is 7.46. The third-order valence-electron chi connectivity index (χ3n) is 1.65. The second kappa shape index (κ2) is 5.21. The van der Waals surface area contributed by atoms with Crippen LogP contribution in [0.5, 0.6) is 0 Å². The predicted molar refractivity (Wildman–Crippen MR) is 51.5 cm³/mol. The van der Waals surface area contributed by atoms with Gasteiger partial charge >= 0.3 is 7.82 Å². The maximum atomic E-state index is 10.4. The Balaban J connectivity index is 4.19. The van der Waals surface area contributed by atoms with E-state index >= 15 is 0 Å². The summed E-state index contributed by atoms with van der Waals surface area (Å²) in [7, 11) is -4.51. The molecule has 0 spiro atoms. The van der Waals surface area contributed by atoms with Crippen LogP contribution < -0.4 is 5.73 Å². The Labute approximate surface area is 83.3 Å². The van der Waals surface area contributed by atoms with Crippen LogP contribution in [0.25, 0.3) is 0 Å². The zero-order chi connectivity index (χ0) is 11.4. The molecule has 0 aliphatic rings. The quantitative estimate of drug-likeness (QED) is 0.468. The van der Waals surface area contributed by atoms with Crippen LogP contribution in [0, 0.1) is 5.92 Å². The second-order valence-electron chi connectivity index (χ2n) is 3.88. The van der Waals surface area contributed by atoms with Gasteiger partial charge in [0.2, 0.25) is 0 Å². The summed E-state index contributed by atoms with van der Waals surface area (Å²) in [5, 5.41) is 8.97. The Hall–Kier alpha value is 0.0300. The van der Waals surface area contributed by atoms with E-state index in [1.165, 1.54) is 0 Å². The lowest BCUT2D eigenvalue weighted by atomic mass is 9.92. The first kappa shape index (κ1) is 14.0. The van der Waals surface area contributed by atoms with Crippen molar-refractivity contribution in [3.05, 3.63) is 0 Å². The minimum absolute atomic E-state index is 0.215. The summed E-state index contributed by atoms with van der Waals surface area (Å²) in [6, 6.07) is 0. The van der Waals surface area contributed by atoms with Crippen LogP contribution in [0.15, 0.2) is 0 Å². The Bertz CT molecular complexity index is 216. The molecule has 86 valence electrons. The van der Waals surface area contributed by atoms with Crippen molar-refractivity contribution in [2.24, 2.45) is 11.7 Å². The molecule has 0 amide bonds. The van der Waals surface area contributed by atoms with E-state index in [1.807, 2.05) is 13.8 Å². The van der Waals surface area contributed by atoms with Crippen LogP contribution in [0.4, 0.5) is 0 Å². The number of aliphatic hydroxyl groups excluding tert-OH is 1. The third-order valence-corrected chi connectivity index (χ3v) is 2.12. The maximum absolute atomic E-state index is 10.4. The molecule has 0 heterocycles. The van der Waals surface area contributed by atoms with Gasteiger partial charge in [-0.15, -0.1) is 0 Å². The molecule has 7 heteroatoms. The molecule has 0 aromatic heterocycles. The summed E-state index contributed by atoms with van der Waals surface area (Å²) in [6.07, 6.45) is 0.434. The minimum atomic E-state index is -4.51. The highest BCUT2D eigenvalue weighted by atomic mass is 31.2. The van der Waals surface area contributed by atoms with Crippen LogP contribution >= 0.6 is 7.82 Å². The molecule has 0 rings (SSSR count). The van der Waals surface area contributed by atoms with Crippen molar-refractivity contribution in [1.82, 2.24) is 0 Å². The molecule has 0 fully saturated rings. The number of nitrogens with two attached hydrogens (primary N) is 1. The van der Waals surface area contributed by atoms with Gasteiger partial charge in [-0.25, -0.2) is 4.57 Å². The number of aliphatic hydroxyl groups is 1. The van der Waals surface area contributed by atoms with Crippen LogP contribution in [-0.4, -0.2) is 33.6 Å². The summed E-state index contributed by atoms with van der Waals surface area (Å²) in [5.41, 5.74) is 4.60. The van der Waals surface area contributed by atoms with E-state index in [-0.39, 0.29) is 19.1 Å². The Kier molecular flexibility index (Phi) is 5.22. The molecule has 0 aliphatic carbocycles. The minimum Gasteiger partial charge on any atom is -0.394 e. The van der Waals surface area contributed by atoms with Crippen molar-refractivity contribution in [3.63, 3.8) is 0 Å². The van der Waals surface area contributed by atoms with Crippen molar-refractivity contribution < 1.29 is 24.0 Å². The maximum Gasteiger partial charge on any atom is 0.469 e. The SMILES string of the molecule is CC(C)CC(N)(CO)COP(=O)(O)O. The summed E-state index contributed by atoms with van der Waals surface area (Å²) in [6.45, 7) is 3.07. The summed E-state index contributed by atoms with van der Waals surface area (Å²) < 4.78 is 14.7. The van der Waals surface area contributed by atoms with E-state index < -0.39 is 13.4 Å². The second-order valence-corrected chi connectivity index (χ2v) is 5.12. The van der Waals surface area contributed by atoms with Gasteiger partial charge in [-0.3, -0.25) is 4.52 Å². The zero-order valence-electron chi connectivity index (χ0n) is 8.38. The molecule has 1 unspecified atom stereocenters. The molecule has 0 aromatic carbocycles. The number of hydrogen-bond acceptors (Lipinski definition) is 4. The normalized spacial score (nSPS) is 17.1. The molecule has 6 nitrogen and oxygen atoms in total. The fourth-order valence-corrected chi connectivity index (χ4v) is 1.62. The predicted octanol–water partition coefficient (Wildman–Crippen LogP) is -0.168. The van der Waals surface area contributed by atoms with E-state index in [4.69, 9.17) is 20.6 Å². The summed E-state index contributed by atoms with van der Waals surface area (Å²) in [5.74, 6) is 0.215. The lowest BCUT2D eigenvalue weighted by molar-refractivity contribution is 0.0937. The van der Waals surface area contributed by atoms with Gasteiger partial charge in [0.1, 0.15) is 0 Å². The monoisotopic (exact) mass is 227 g/mol. The topological polar surface area (TPSA) is 113 Å². The van der Waals surface area contributed by atoms with Crippen molar-refractivity contribution >= 4 is 7.82 Å². The molecule has 5 N–H and O–H groups in total. The van der Waals surface area contributed by atoms with Gasteiger partial charge in [0.15, 0.2) is 0 Å². The lowest BCUT2D eigenvalue weighted by Crippen LogP contribution is -2.48. The summed E-state index contributed by atoms with van der Waals surface area (Å²) >= 11 is 0. The van der Waals surface area contributed by atoms with E-state index in [2.05, 4.69) is 4.52 Å². The molecule has 0 aromatic rings. The van der Waals surface area contributed by atoms with Crippen molar-refractivity contribution in [2.75, 3.05) is 13.2 Å². The van der Waals surface area contributed by atoms with Crippen LogP contribution in [-0.2, 0) is 9.09 Å². The highest BCUT2D eigenvalue weighted by Crippen LogP contribution is 2.37. The molecule has 0 radical (unpaired) electrons. The van der Waals surface area contributed by atoms with E-state index in [1.54, 1.807) is 0 Å². The fraction of sp³-hybridized carbons (Fsp3) is 1.00. The molecule has 0 bridgehead atoms. The van der Waals surface area contributed by atoms with Crippen LogP contribution in [0.1, 0.15) is 20.3 Å². The Morgan fingerprint density at radius 2 is 2.00 bits per heavy atom. The van der Waals surface area contributed by atoms with Crippen molar-refractivity contribution in [3.8, 4) is 0 Å². The van der Waals surface area contributed by atoms with Gasteiger partial charge in [0, 0.05) is 0 Å².